The van der Waals surface area contributed by atoms with Crippen molar-refractivity contribution in [3.8, 4) is 0 Å². The summed E-state index contributed by atoms with van der Waals surface area (Å²) in [6.45, 7) is 1.70. The molecule has 1 saturated heterocycles. The molecule has 1 saturated carbocycles. The van der Waals surface area contributed by atoms with Crippen molar-refractivity contribution < 1.29 is 9.13 Å². The second kappa shape index (κ2) is 4.11. The Morgan fingerprint density at radius 1 is 1.31 bits per heavy atom. The molecule has 2 aliphatic rings. The maximum atomic E-state index is 12.7. The first-order valence-corrected chi connectivity index (χ1v) is 5.80. The van der Waals surface area contributed by atoms with Crippen LogP contribution in [0.1, 0.15) is 24.6 Å². The van der Waals surface area contributed by atoms with E-state index in [0.717, 1.165) is 24.7 Å². The minimum atomic E-state index is -0.300. The van der Waals surface area contributed by atoms with Gasteiger partial charge in [0.1, 0.15) is 11.9 Å². The maximum absolute atomic E-state index is 12.7. The number of aromatic nitrogens is 1. The third kappa shape index (κ3) is 2.08. The lowest BCUT2D eigenvalue weighted by Gasteiger charge is -2.30. The minimum absolute atomic E-state index is 0.0278. The van der Waals surface area contributed by atoms with Crippen LogP contribution in [-0.4, -0.2) is 24.2 Å². The summed E-state index contributed by atoms with van der Waals surface area (Å²) in [4.78, 5) is 4.08. The predicted molar refractivity (Wildman–Crippen MR) is 57.4 cm³/mol. The van der Waals surface area contributed by atoms with Gasteiger partial charge in [-0.15, -0.1) is 0 Å². The average Bonchev–Trinajstić information content (AvgIpc) is 3.14. The fourth-order valence-corrected chi connectivity index (χ4v) is 2.16. The Morgan fingerprint density at radius 3 is 2.88 bits per heavy atom. The standard InChI is InChI=1S/C12H15FN2O/c13-9-3-4-10(15-5-9)12-7-14-6-11(16-12)8-1-2-8/h3-5,8,11-12,14H,1-2,6-7H2. The Morgan fingerprint density at radius 2 is 2.19 bits per heavy atom. The molecule has 16 heavy (non-hydrogen) atoms. The third-order valence-corrected chi connectivity index (χ3v) is 3.24. The lowest BCUT2D eigenvalue weighted by Crippen LogP contribution is -2.41. The van der Waals surface area contributed by atoms with Crippen molar-refractivity contribution in [2.75, 3.05) is 13.1 Å². The van der Waals surface area contributed by atoms with Crippen LogP contribution in [-0.2, 0) is 4.74 Å². The highest BCUT2D eigenvalue weighted by Crippen LogP contribution is 2.37. The van der Waals surface area contributed by atoms with E-state index in [-0.39, 0.29) is 11.9 Å². The molecule has 1 aliphatic carbocycles. The lowest BCUT2D eigenvalue weighted by atomic mass is 10.1. The van der Waals surface area contributed by atoms with E-state index < -0.39 is 0 Å². The van der Waals surface area contributed by atoms with Gasteiger partial charge in [-0.1, -0.05) is 0 Å². The molecule has 0 spiro atoms. The molecule has 86 valence electrons. The van der Waals surface area contributed by atoms with Crippen LogP contribution in [0.15, 0.2) is 18.3 Å². The maximum Gasteiger partial charge on any atom is 0.141 e. The topological polar surface area (TPSA) is 34.1 Å². The zero-order chi connectivity index (χ0) is 11.0. The van der Waals surface area contributed by atoms with Gasteiger partial charge < -0.3 is 10.1 Å². The predicted octanol–water partition coefficient (Wildman–Crippen LogP) is 1.66. The van der Waals surface area contributed by atoms with Crippen molar-refractivity contribution in [2.24, 2.45) is 5.92 Å². The molecule has 1 aromatic heterocycles. The van der Waals surface area contributed by atoms with Gasteiger partial charge in [0.15, 0.2) is 0 Å². The van der Waals surface area contributed by atoms with Crippen molar-refractivity contribution in [1.82, 2.24) is 10.3 Å². The van der Waals surface area contributed by atoms with Crippen molar-refractivity contribution >= 4 is 0 Å². The first-order chi connectivity index (χ1) is 7.83. The lowest BCUT2D eigenvalue weighted by molar-refractivity contribution is -0.0513. The average molecular weight is 222 g/mol. The van der Waals surface area contributed by atoms with Crippen molar-refractivity contribution in [1.29, 1.82) is 0 Å². The first kappa shape index (κ1) is 10.2. The van der Waals surface area contributed by atoms with Gasteiger partial charge >= 0.3 is 0 Å². The Labute approximate surface area is 94.0 Å². The number of rotatable bonds is 2. The number of nitrogens with zero attached hydrogens (tertiary/aromatic N) is 1. The van der Waals surface area contributed by atoms with Crippen LogP contribution in [0.25, 0.3) is 0 Å². The number of hydrogen-bond acceptors (Lipinski definition) is 3. The number of morpholine rings is 1. The van der Waals surface area contributed by atoms with Crippen LogP contribution in [0.5, 0.6) is 0 Å². The Hall–Kier alpha value is -1.00. The van der Waals surface area contributed by atoms with Gasteiger partial charge in [-0.3, -0.25) is 4.98 Å². The molecular formula is C12H15FN2O. The first-order valence-electron chi connectivity index (χ1n) is 5.80. The van der Waals surface area contributed by atoms with Gasteiger partial charge in [-0.05, 0) is 30.9 Å². The Balaban J connectivity index is 1.71. The molecule has 0 radical (unpaired) electrons. The summed E-state index contributed by atoms with van der Waals surface area (Å²) in [7, 11) is 0. The molecule has 0 aromatic carbocycles. The highest BCUT2D eigenvalue weighted by Gasteiger charge is 2.36. The molecule has 1 aliphatic heterocycles. The fraction of sp³-hybridized carbons (Fsp3) is 0.583. The smallest absolute Gasteiger partial charge is 0.141 e. The summed E-state index contributed by atoms with van der Waals surface area (Å²) < 4.78 is 18.7. The molecular weight excluding hydrogens is 207 g/mol. The zero-order valence-corrected chi connectivity index (χ0v) is 9.03. The van der Waals surface area contributed by atoms with E-state index in [1.165, 1.54) is 25.1 Å². The van der Waals surface area contributed by atoms with E-state index in [4.69, 9.17) is 4.74 Å². The van der Waals surface area contributed by atoms with Crippen LogP contribution >= 0.6 is 0 Å². The highest BCUT2D eigenvalue weighted by atomic mass is 19.1. The minimum Gasteiger partial charge on any atom is -0.366 e. The summed E-state index contributed by atoms with van der Waals surface area (Å²) in [6, 6.07) is 3.14. The van der Waals surface area contributed by atoms with Gasteiger partial charge in [0, 0.05) is 13.1 Å². The van der Waals surface area contributed by atoms with E-state index >= 15 is 0 Å². The fourth-order valence-electron chi connectivity index (χ4n) is 2.16. The van der Waals surface area contributed by atoms with Gasteiger partial charge in [0.2, 0.25) is 0 Å². The molecule has 2 heterocycles. The van der Waals surface area contributed by atoms with E-state index in [0.29, 0.717) is 6.10 Å². The monoisotopic (exact) mass is 222 g/mol. The number of pyridine rings is 1. The molecule has 1 aromatic rings. The Kier molecular flexibility index (Phi) is 2.61. The molecule has 3 nitrogen and oxygen atoms in total. The van der Waals surface area contributed by atoms with Crippen molar-refractivity contribution in [3.63, 3.8) is 0 Å². The number of ether oxygens (including phenoxy) is 1. The summed E-state index contributed by atoms with van der Waals surface area (Å²) >= 11 is 0. The highest BCUT2D eigenvalue weighted by molar-refractivity contribution is 5.10. The van der Waals surface area contributed by atoms with Crippen LogP contribution in [0, 0.1) is 11.7 Å². The van der Waals surface area contributed by atoms with Crippen LogP contribution < -0.4 is 5.32 Å². The van der Waals surface area contributed by atoms with Crippen LogP contribution in [0.2, 0.25) is 0 Å². The van der Waals surface area contributed by atoms with Crippen molar-refractivity contribution in [3.05, 3.63) is 29.8 Å². The zero-order valence-electron chi connectivity index (χ0n) is 9.03. The summed E-state index contributed by atoms with van der Waals surface area (Å²) in [6.07, 6.45) is 4.08. The third-order valence-electron chi connectivity index (χ3n) is 3.24. The van der Waals surface area contributed by atoms with Gasteiger partial charge in [0.05, 0.1) is 18.0 Å². The van der Waals surface area contributed by atoms with E-state index in [1.54, 1.807) is 6.07 Å². The molecule has 2 atom stereocenters. The van der Waals surface area contributed by atoms with Crippen molar-refractivity contribution in [2.45, 2.75) is 25.0 Å². The van der Waals surface area contributed by atoms with E-state index in [2.05, 4.69) is 10.3 Å². The summed E-state index contributed by atoms with van der Waals surface area (Å²) in [5, 5.41) is 3.36. The molecule has 2 fully saturated rings. The van der Waals surface area contributed by atoms with Gasteiger partial charge in [-0.2, -0.15) is 0 Å². The molecule has 4 heteroatoms. The SMILES string of the molecule is Fc1ccc(C2CNCC(C3CC3)O2)nc1. The second-order valence-corrected chi connectivity index (χ2v) is 4.56. The quantitative estimate of drug-likeness (QED) is 0.826. The summed E-state index contributed by atoms with van der Waals surface area (Å²) in [5.74, 6) is 0.419. The normalized spacial score (nSPS) is 30.3. The number of halogens is 1. The molecule has 1 N–H and O–H groups in total. The van der Waals surface area contributed by atoms with E-state index in [9.17, 15) is 4.39 Å². The second-order valence-electron chi connectivity index (χ2n) is 4.56. The van der Waals surface area contributed by atoms with Crippen LogP contribution in [0.4, 0.5) is 4.39 Å². The molecule has 3 rings (SSSR count). The molecule has 0 bridgehead atoms. The molecule has 2 unspecified atom stereocenters. The Bertz CT molecular complexity index is 364. The summed E-state index contributed by atoms with van der Waals surface area (Å²) in [5.41, 5.74) is 0.819. The van der Waals surface area contributed by atoms with E-state index in [1.807, 2.05) is 0 Å². The van der Waals surface area contributed by atoms with Gasteiger partial charge in [-0.25, -0.2) is 4.39 Å². The number of nitrogens with one attached hydrogen (secondary N) is 1. The molecule has 0 amide bonds. The van der Waals surface area contributed by atoms with Gasteiger partial charge in [0.25, 0.3) is 0 Å². The largest absolute Gasteiger partial charge is 0.366 e. The number of hydrogen-bond donors (Lipinski definition) is 1. The van der Waals surface area contributed by atoms with Crippen LogP contribution in [0.3, 0.4) is 0 Å².